The van der Waals surface area contributed by atoms with Gasteiger partial charge in [-0.2, -0.15) is 0 Å². The van der Waals surface area contributed by atoms with Crippen molar-refractivity contribution in [1.82, 2.24) is 14.9 Å². The highest BCUT2D eigenvalue weighted by Crippen LogP contribution is 2.44. The Morgan fingerprint density at radius 2 is 2.00 bits per heavy atom. The number of fused-ring (bicyclic) bond motifs is 2. The van der Waals surface area contributed by atoms with E-state index in [0.717, 1.165) is 42.5 Å². The highest BCUT2D eigenvalue weighted by molar-refractivity contribution is 7.18. The largest absolute Gasteiger partial charge is 0.490 e. The minimum Gasteiger partial charge on any atom is -0.490 e. The molecule has 9 heteroatoms. The van der Waals surface area contributed by atoms with Crippen molar-refractivity contribution in [2.24, 2.45) is 0 Å². The van der Waals surface area contributed by atoms with Gasteiger partial charge in [0.15, 0.2) is 0 Å². The molecule has 5 rings (SSSR count). The Morgan fingerprint density at radius 3 is 2.74 bits per heavy atom. The van der Waals surface area contributed by atoms with Crippen molar-refractivity contribution < 1.29 is 18.7 Å². The minimum absolute atomic E-state index is 0.0800. The molecule has 3 aromatic heterocycles. The van der Waals surface area contributed by atoms with Gasteiger partial charge < -0.3 is 14.4 Å². The van der Waals surface area contributed by atoms with Crippen LogP contribution in [0.5, 0.6) is 5.75 Å². The number of carbonyl (C=O) groups excluding carboxylic acids is 1. The van der Waals surface area contributed by atoms with Gasteiger partial charge in [-0.05, 0) is 29.7 Å². The first-order valence-electron chi connectivity index (χ1n) is 12.8. The van der Waals surface area contributed by atoms with Crippen LogP contribution in [0.25, 0.3) is 31.9 Å². The molecule has 1 aliphatic heterocycles. The molecular weight excluding hydrogens is 521 g/mol. The fourth-order valence-electron chi connectivity index (χ4n) is 4.01. The summed E-state index contributed by atoms with van der Waals surface area (Å²) in [7, 11) is 1.60. The average molecular weight is 556 g/mol. The van der Waals surface area contributed by atoms with Gasteiger partial charge in [-0.3, -0.25) is 9.78 Å². The Morgan fingerprint density at radius 1 is 1.21 bits per heavy atom. The molecule has 0 saturated heterocycles. The molecule has 0 saturated carbocycles. The maximum absolute atomic E-state index is 14.2. The van der Waals surface area contributed by atoms with Crippen molar-refractivity contribution in [2.45, 2.75) is 40.7 Å². The van der Waals surface area contributed by atoms with E-state index in [1.807, 2.05) is 45.3 Å². The van der Waals surface area contributed by atoms with E-state index in [1.165, 1.54) is 29.5 Å². The number of rotatable bonds is 7. The number of hydrogen-bond donors (Lipinski definition) is 0. The normalized spacial score (nSPS) is 12.1. The fraction of sp³-hybridized carbons (Fsp3) is 0.345. The number of halogens is 1. The zero-order valence-electron chi connectivity index (χ0n) is 22.5. The zero-order valence-corrected chi connectivity index (χ0v) is 24.2. The molecule has 4 aromatic rings. The number of amides is 1. The quantitative estimate of drug-likeness (QED) is 0.176. The van der Waals surface area contributed by atoms with Gasteiger partial charge in [0, 0.05) is 58.4 Å². The number of methoxy groups -OCH3 is 1. The molecule has 0 fully saturated rings. The first-order chi connectivity index (χ1) is 18.6. The van der Waals surface area contributed by atoms with E-state index >= 15 is 0 Å². The van der Waals surface area contributed by atoms with Gasteiger partial charge in [-0.15, -0.1) is 22.7 Å². The molecular formula is C29H34FN3O3S2. The van der Waals surface area contributed by atoms with Crippen LogP contribution in [0, 0.1) is 5.82 Å². The van der Waals surface area contributed by atoms with Crippen molar-refractivity contribution in [2.75, 3.05) is 26.9 Å². The number of benzene rings is 1. The molecule has 4 heterocycles. The number of ether oxygens (including phenoxy) is 2. The number of aromatic nitrogens is 2. The van der Waals surface area contributed by atoms with E-state index in [4.69, 9.17) is 19.4 Å². The summed E-state index contributed by atoms with van der Waals surface area (Å²) >= 11 is 3.14. The maximum Gasteiger partial charge on any atom is 0.246 e. The first kappa shape index (κ1) is 29.4. The number of thiophene rings is 1. The molecule has 0 unspecified atom stereocenters. The van der Waals surface area contributed by atoms with Gasteiger partial charge in [0.05, 0.1) is 18.8 Å². The molecule has 1 amide bonds. The Kier molecular flexibility index (Phi) is 10.9. The lowest BCUT2D eigenvalue weighted by molar-refractivity contribution is -0.126. The second-order valence-electron chi connectivity index (χ2n) is 7.77. The van der Waals surface area contributed by atoms with Crippen LogP contribution < -0.4 is 4.74 Å². The van der Waals surface area contributed by atoms with Crippen LogP contribution in [0.1, 0.15) is 38.3 Å². The van der Waals surface area contributed by atoms with Gasteiger partial charge >= 0.3 is 0 Å². The SMILES string of the molecule is C=CC(=O)N1CCc2nc(-c3ncc4ccsc4c3-c3ccc(F)cc3OCCOC)sc2C1.CC.CC. The Labute approximate surface area is 231 Å². The molecule has 0 radical (unpaired) electrons. The Bertz CT molecular complexity index is 1380. The average Bonchev–Trinajstić information content (AvgIpc) is 3.61. The summed E-state index contributed by atoms with van der Waals surface area (Å²) < 4.78 is 26.2. The van der Waals surface area contributed by atoms with Crippen LogP contribution in [0.2, 0.25) is 0 Å². The number of pyridine rings is 1. The summed E-state index contributed by atoms with van der Waals surface area (Å²) in [5.41, 5.74) is 3.33. The second-order valence-corrected chi connectivity index (χ2v) is 9.77. The maximum atomic E-state index is 14.2. The number of hydrogen-bond acceptors (Lipinski definition) is 7. The summed E-state index contributed by atoms with van der Waals surface area (Å²) in [6.45, 7) is 13.4. The summed E-state index contributed by atoms with van der Waals surface area (Å²) in [6.07, 6.45) is 3.87. The van der Waals surface area contributed by atoms with Crippen molar-refractivity contribution in [1.29, 1.82) is 0 Å². The smallest absolute Gasteiger partial charge is 0.246 e. The molecule has 0 spiro atoms. The van der Waals surface area contributed by atoms with E-state index < -0.39 is 0 Å². The molecule has 1 aliphatic rings. The van der Waals surface area contributed by atoms with E-state index in [1.54, 1.807) is 29.4 Å². The van der Waals surface area contributed by atoms with E-state index in [2.05, 4.69) is 6.58 Å². The van der Waals surface area contributed by atoms with Crippen molar-refractivity contribution in [3.05, 3.63) is 64.9 Å². The predicted octanol–water partition coefficient (Wildman–Crippen LogP) is 7.37. The topological polar surface area (TPSA) is 64.6 Å². The van der Waals surface area contributed by atoms with Gasteiger partial charge in [0.25, 0.3) is 0 Å². The van der Waals surface area contributed by atoms with Crippen LogP contribution in [0.4, 0.5) is 4.39 Å². The van der Waals surface area contributed by atoms with Gasteiger partial charge in [-0.1, -0.05) is 34.3 Å². The van der Waals surface area contributed by atoms with Gasteiger partial charge in [0.1, 0.15) is 28.9 Å². The first-order valence-corrected chi connectivity index (χ1v) is 14.5. The molecule has 0 atom stereocenters. The zero-order chi connectivity index (χ0) is 27.7. The van der Waals surface area contributed by atoms with Gasteiger partial charge in [0.2, 0.25) is 5.91 Å². The van der Waals surface area contributed by atoms with Crippen LogP contribution >= 0.6 is 22.7 Å². The highest BCUT2D eigenvalue weighted by atomic mass is 32.1. The minimum atomic E-state index is -0.374. The van der Waals surface area contributed by atoms with Crippen molar-refractivity contribution >= 4 is 38.7 Å². The number of nitrogens with zero attached hydrogens (tertiary/aromatic N) is 3. The van der Waals surface area contributed by atoms with E-state index in [9.17, 15) is 9.18 Å². The lowest BCUT2D eigenvalue weighted by atomic mass is 10.0. The molecule has 38 heavy (non-hydrogen) atoms. The Balaban J connectivity index is 0.000000956. The fourth-order valence-corrected chi connectivity index (χ4v) is 6.07. The number of thiazole rings is 1. The molecule has 0 bridgehead atoms. The summed E-state index contributed by atoms with van der Waals surface area (Å²) in [5, 5.41) is 3.79. The second kappa shape index (κ2) is 14.1. The molecule has 0 aliphatic carbocycles. The summed E-state index contributed by atoms with van der Waals surface area (Å²) in [4.78, 5) is 24.6. The summed E-state index contributed by atoms with van der Waals surface area (Å²) in [6, 6.07) is 6.57. The standard InChI is InChI=1S/C25H22FN3O3S2.2C2H6/c1-3-21(30)29-8-6-18-20(14-29)34-25(28-18)23-22(24-15(13-27-23)7-11-33-24)17-5-4-16(26)12-19(17)32-10-9-31-2;2*1-2/h3-5,7,11-13H,1,6,8-10,14H2,2H3;2*1-2H3. The third-order valence-corrected chi connectivity index (χ3v) is 7.71. The molecule has 202 valence electrons. The monoisotopic (exact) mass is 555 g/mol. The van der Waals surface area contributed by atoms with Crippen molar-refractivity contribution in [3.63, 3.8) is 0 Å². The highest BCUT2D eigenvalue weighted by Gasteiger charge is 2.26. The third-order valence-electron chi connectivity index (χ3n) is 5.67. The summed E-state index contributed by atoms with van der Waals surface area (Å²) in [5.74, 6) is -0.0191. The Hall–Kier alpha value is -3.14. The van der Waals surface area contributed by atoms with Crippen LogP contribution in [0.3, 0.4) is 0 Å². The molecule has 6 nitrogen and oxygen atoms in total. The van der Waals surface area contributed by atoms with Crippen LogP contribution in [0.15, 0.2) is 48.5 Å². The van der Waals surface area contributed by atoms with Crippen LogP contribution in [-0.4, -0.2) is 47.6 Å². The lowest BCUT2D eigenvalue weighted by Crippen LogP contribution is -2.34. The van der Waals surface area contributed by atoms with Crippen molar-refractivity contribution in [3.8, 4) is 27.6 Å². The molecule has 1 aromatic carbocycles. The predicted molar refractivity (Wildman–Crippen MR) is 156 cm³/mol. The van der Waals surface area contributed by atoms with E-state index in [0.29, 0.717) is 38.5 Å². The lowest BCUT2D eigenvalue weighted by Gasteiger charge is -2.24. The van der Waals surface area contributed by atoms with Gasteiger partial charge in [-0.25, -0.2) is 9.37 Å². The molecule has 0 N–H and O–H groups in total. The third kappa shape index (κ3) is 6.28. The number of carbonyl (C=O) groups is 1. The van der Waals surface area contributed by atoms with Crippen LogP contribution in [-0.2, 0) is 22.5 Å². The van der Waals surface area contributed by atoms with E-state index in [-0.39, 0.29) is 11.7 Å².